The predicted octanol–water partition coefficient (Wildman–Crippen LogP) is 4.65. The minimum atomic E-state index is 0.195. The molecule has 0 fully saturated rings. The Morgan fingerprint density at radius 1 is 1.24 bits per heavy atom. The summed E-state index contributed by atoms with van der Waals surface area (Å²) in [5.41, 5.74) is 5.14. The first kappa shape index (κ1) is 13.4. The molecule has 2 rings (SSSR count). The zero-order chi connectivity index (χ0) is 13.0. The number of allylic oxidation sites excluding steroid dienone is 2. The highest BCUT2D eigenvalue weighted by Crippen LogP contribution is 2.33. The smallest absolute Gasteiger partial charge is 0.167 e. The Morgan fingerprint density at radius 2 is 1.88 bits per heavy atom. The standard InChI is InChI=1S/C14H14O.C2H6/c1-4-5-11-8-13-12(6-9(11)2)10(3)7-14(13)15;1-2/h4-6,8H,3,7H2,1-2H3;1-2H3/b5-4-;. The maximum absolute atomic E-state index is 11.7. The van der Waals surface area contributed by atoms with E-state index in [2.05, 4.69) is 19.6 Å². The van der Waals surface area contributed by atoms with E-state index >= 15 is 0 Å². The molecule has 0 saturated heterocycles. The summed E-state index contributed by atoms with van der Waals surface area (Å²) in [4.78, 5) is 11.7. The predicted molar refractivity (Wildman–Crippen MR) is 75.2 cm³/mol. The fraction of sp³-hybridized carbons (Fsp3) is 0.312. The number of fused-ring (bicyclic) bond motifs is 1. The van der Waals surface area contributed by atoms with Crippen molar-refractivity contribution in [3.8, 4) is 0 Å². The molecular weight excluding hydrogens is 208 g/mol. The first-order chi connectivity index (χ1) is 8.13. The first-order valence-electron chi connectivity index (χ1n) is 6.12. The SMILES string of the molecule is C=C1CC(=O)c2cc(/C=C\C)c(C)cc21.CC. The van der Waals surface area contributed by atoms with Crippen molar-refractivity contribution in [3.05, 3.63) is 47.0 Å². The van der Waals surface area contributed by atoms with Crippen molar-refractivity contribution in [3.63, 3.8) is 0 Å². The van der Waals surface area contributed by atoms with E-state index in [0.717, 1.165) is 22.3 Å². The molecule has 1 nitrogen and oxygen atoms in total. The van der Waals surface area contributed by atoms with Crippen LogP contribution in [-0.4, -0.2) is 5.78 Å². The molecule has 1 aromatic carbocycles. The molecule has 17 heavy (non-hydrogen) atoms. The number of carbonyl (C=O) groups is 1. The van der Waals surface area contributed by atoms with E-state index in [9.17, 15) is 4.79 Å². The van der Waals surface area contributed by atoms with Gasteiger partial charge in [-0.15, -0.1) is 0 Å². The third-order valence-electron chi connectivity index (χ3n) is 2.81. The third-order valence-corrected chi connectivity index (χ3v) is 2.81. The van der Waals surface area contributed by atoms with Gasteiger partial charge < -0.3 is 0 Å². The molecule has 0 heterocycles. The Morgan fingerprint density at radius 3 is 2.47 bits per heavy atom. The highest BCUT2D eigenvalue weighted by molar-refractivity contribution is 6.11. The Bertz CT molecular complexity index is 479. The summed E-state index contributed by atoms with van der Waals surface area (Å²) in [6.45, 7) is 12.0. The summed E-state index contributed by atoms with van der Waals surface area (Å²) in [5, 5.41) is 0. The monoisotopic (exact) mass is 228 g/mol. The Labute approximate surface area is 104 Å². The lowest BCUT2D eigenvalue weighted by Gasteiger charge is -2.05. The lowest BCUT2D eigenvalue weighted by molar-refractivity contribution is 0.100. The van der Waals surface area contributed by atoms with Crippen LogP contribution in [-0.2, 0) is 0 Å². The normalized spacial score (nSPS) is 13.6. The summed E-state index contributed by atoms with van der Waals surface area (Å²) in [7, 11) is 0. The minimum absolute atomic E-state index is 0.195. The first-order valence-corrected chi connectivity index (χ1v) is 6.12. The zero-order valence-electron chi connectivity index (χ0n) is 11.1. The quantitative estimate of drug-likeness (QED) is 0.683. The van der Waals surface area contributed by atoms with E-state index < -0.39 is 0 Å². The molecule has 1 aliphatic rings. The number of aryl methyl sites for hydroxylation is 1. The number of hydrogen-bond donors (Lipinski definition) is 0. The van der Waals surface area contributed by atoms with E-state index in [-0.39, 0.29) is 5.78 Å². The number of rotatable bonds is 1. The molecule has 0 atom stereocenters. The molecule has 90 valence electrons. The number of ketones is 1. The second kappa shape index (κ2) is 5.62. The van der Waals surface area contributed by atoms with Crippen LogP contribution < -0.4 is 0 Å². The fourth-order valence-corrected chi connectivity index (χ4v) is 1.99. The molecule has 0 aromatic heterocycles. The van der Waals surface area contributed by atoms with Gasteiger partial charge in [-0.1, -0.05) is 38.6 Å². The Kier molecular flexibility index (Phi) is 4.45. The van der Waals surface area contributed by atoms with Crippen LogP contribution in [0.4, 0.5) is 0 Å². The molecule has 0 radical (unpaired) electrons. The average Bonchev–Trinajstić information content (AvgIpc) is 2.59. The average molecular weight is 228 g/mol. The molecule has 0 aliphatic heterocycles. The summed E-state index contributed by atoms with van der Waals surface area (Å²) in [5.74, 6) is 0.195. The Balaban J connectivity index is 0.000000686. The van der Waals surface area contributed by atoms with Crippen molar-refractivity contribution >= 4 is 17.4 Å². The molecule has 0 saturated carbocycles. The molecule has 0 unspecified atom stereocenters. The van der Waals surface area contributed by atoms with Crippen molar-refractivity contribution in [2.24, 2.45) is 0 Å². The molecule has 1 aromatic rings. The maximum Gasteiger partial charge on any atom is 0.167 e. The lowest BCUT2D eigenvalue weighted by Crippen LogP contribution is -1.93. The molecule has 1 aliphatic carbocycles. The molecular formula is C16H20O. The van der Waals surface area contributed by atoms with Gasteiger partial charge in [-0.05, 0) is 42.2 Å². The van der Waals surface area contributed by atoms with E-state index in [1.165, 1.54) is 5.56 Å². The van der Waals surface area contributed by atoms with Gasteiger partial charge in [0.05, 0.1) is 0 Å². The van der Waals surface area contributed by atoms with E-state index in [4.69, 9.17) is 0 Å². The van der Waals surface area contributed by atoms with Gasteiger partial charge >= 0.3 is 0 Å². The minimum Gasteiger partial charge on any atom is -0.294 e. The highest BCUT2D eigenvalue weighted by Gasteiger charge is 2.23. The molecule has 1 heteroatoms. The van der Waals surface area contributed by atoms with Crippen molar-refractivity contribution in [2.75, 3.05) is 0 Å². The number of Topliss-reactive ketones (excluding diaryl/α,β-unsaturated/α-hetero) is 1. The zero-order valence-corrected chi connectivity index (χ0v) is 11.1. The molecule has 0 amide bonds. The number of hydrogen-bond acceptors (Lipinski definition) is 1. The molecule has 0 N–H and O–H groups in total. The van der Waals surface area contributed by atoms with Crippen LogP contribution in [0.3, 0.4) is 0 Å². The Hall–Kier alpha value is -1.63. The van der Waals surface area contributed by atoms with Crippen LogP contribution in [0.15, 0.2) is 24.8 Å². The van der Waals surface area contributed by atoms with Gasteiger partial charge in [-0.2, -0.15) is 0 Å². The van der Waals surface area contributed by atoms with Gasteiger partial charge in [-0.3, -0.25) is 4.79 Å². The number of carbonyl (C=O) groups excluding carboxylic acids is 1. The lowest BCUT2D eigenvalue weighted by atomic mass is 9.99. The second-order valence-corrected chi connectivity index (χ2v) is 3.96. The van der Waals surface area contributed by atoms with Crippen molar-refractivity contribution in [1.29, 1.82) is 0 Å². The summed E-state index contributed by atoms with van der Waals surface area (Å²) < 4.78 is 0. The topological polar surface area (TPSA) is 17.1 Å². The number of benzene rings is 1. The van der Waals surface area contributed by atoms with Gasteiger partial charge in [0.25, 0.3) is 0 Å². The largest absolute Gasteiger partial charge is 0.294 e. The van der Waals surface area contributed by atoms with Crippen molar-refractivity contribution in [2.45, 2.75) is 34.1 Å². The van der Waals surface area contributed by atoms with Crippen LogP contribution in [0.2, 0.25) is 0 Å². The fourth-order valence-electron chi connectivity index (χ4n) is 1.99. The summed E-state index contributed by atoms with van der Waals surface area (Å²) in [6.07, 6.45) is 4.50. The van der Waals surface area contributed by atoms with Gasteiger partial charge in [0.1, 0.15) is 0 Å². The van der Waals surface area contributed by atoms with Crippen LogP contribution in [0.1, 0.15) is 54.2 Å². The van der Waals surface area contributed by atoms with Crippen LogP contribution in [0.5, 0.6) is 0 Å². The van der Waals surface area contributed by atoms with Gasteiger partial charge in [-0.25, -0.2) is 0 Å². The van der Waals surface area contributed by atoms with E-state index in [1.54, 1.807) is 0 Å². The van der Waals surface area contributed by atoms with Gasteiger partial charge in [0.2, 0.25) is 0 Å². The van der Waals surface area contributed by atoms with E-state index in [0.29, 0.717) is 6.42 Å². The molecule has 0 bridgehead atoms. The third kappa shape index (κ3) is 2.55. The molecule has 0 spiro atoms. The van der Waals surface area contributed by atoms with Crippen molar-refractivity contribution in [1.82, 2.24) is 0 Å². The van der Waals surface area contributed by atoms with Crippen LogP contribution in [0, 0.1) is 6.92 Å². The van der Waals surface area contributed by atoms with Crippen molar-refractivity contribution < 1.29 is 4.79 Å². The van der Waals surface area contributed by atoms with Gasteiger partial charge in [0, 0.05) is 12.0 Å². The van der Waals surface area contributed by atoms with Gasteiger partial charge in [0.15, 0.2) is 5.78 Å². The van der Waals surface area contributed by atoms with E-state index in [1.807, 2.05) is 39.0 Å². The van der Waals surface area contributed by atoms with Crippen LogP contribution >= 0.6 is 0 Å². The maximum atomic E-state index is 11.7. The summed E-state index contributed by atoms with van der Waals surface area (Å²) >= 11 is 0. The highest BCUT2D eigenvalue weighted by atomic mass is 16.1. The second-order valence-electron chi connectivity index (χ2n) is 3.96. The van der Waals surface area contributed by atoms with Crippen LogP contribution in [0.25, 0.3) is 11.6 Å². The summed E-state index contributed by atoms with van der Waals surface area (Å²) in [6, 6.07) is 4.04.